The van der Waals surface area contributed by atoms with Crippen molar-refractivity contribution >= 4 is 33.8 Å². The van der Waals surface area contributed by atoms with Crippen LogP contribution in [0.2, 0.25) is 0 Å². The van der Waals surface area contributed by atoms with Gasteiger partial charge in [-0.05, 0) is 61.2 Å². The van der Waals surface area contributed by atoms with E-state index in [1.165, 1.54) is 49.7 Å². The zero-order valence-electron chi connectivity index (χ0n) is 20.3. The molecule has 0 amide bonds. The first-order chi connectivity index (χ1) is 16.7. The quantitative estimate of drug-likeness (QED) is 0.254. The van der Waals surface area contributed by atoms with E-state index in [9.17, 15) is 5.11 Å². The highest BCUT2D eigenvalue weighted by molar-refractivity contribution is 7.80. The monoisotopic (exact) mass is 475 g/mol. The van der Waals surface area contributed by atoms with E-state index >= 15 is 0 Å². The highest BCUT2D eigenvalue weighted by Crippen LogP contribution is 2.28. The first-order valence-electron chi connectivity index (χ1n) is 12.8. The molecule has 0 saturated carbocycles. The Kier molecular flexibility index (Phi) is 8.89. The van der Waals surface area contributed by atoms with Gasteiger partial charge >= 0.3 is 0 Å². The van der Waals surface area contributed by atoms with Gasteiger partial charge in [0.1, 0.15) is 0 Å². The molecule has 2 N–H and O–H groups in total. The number of benzene rings is 2. The summed E-state index contributed by atoms with van der Waals surface area (Å²) in [6, 6.07) is 17.2. The molecule has 0 fully saturated rings. The number of rotatable bonds is 10. The Morgan fingerprint density at radius 2 is 1.85 bits per heavy atom. The molecule has 34 heavy (non-hydrogen) atoms. The lowest BCUT2D eigenvalue weighted by atomic mass is 9.93. The highest BCUT2D eigenvalue weighted by atomic mass is 32.1. The smallest absolute Gasteiger partial charge is 0.174 e. The first-order valence-corrected chi connectivity index (χ1v) is 13.2. The lowest BCUT2D eigenvalue weighted by Gasteiger charge is -2.38. The van der Waals surface area contributed by atoms with Gasteiger partial charge in [0.15, 0.2) is 5.11 Å². The Bertz CT molecular complexity index is 1100. The van der Waals surface area contributed by atoms with Gasteiger partial charge in [-0.2, -0.15) is 0 Å². The molecule has 1 aliphatic heterocycles. The van der Waals surface area contributed by atoms with Crippen LogP contribution in [0.5, 0.6) is 0 Å². The molecule has 5 heteroatoms. The predicted octanol–water partition coefficient (Wildman–Crippen LogP) is 6.64. The third kappa shape index (κ3) is 6.13. The number of aromatic nitrogens is 1. The van der Waals surface area contributed by atoms with E-state index in [-0.39, 0.29) is 12.6 Å². The van der Waals surface area contributed by atoms with Crippen molar-refractivity contribution in [2.24, 2.45) is 0 Å². The summed E-state index contributed by atoms with van der Waals surface area (Å²) in [5, 5.41) is 16.2. The lowest BCUT2D eigenvalue weighted by Crippen LogP contribution is -2.46. The Balaban J connectivity index is 1.47. The number of pyridine rings is 1. The third-order valence-corrected chi connectivity index (χ3v) is 7.26. The summed E-state index contributed by atoms with van der Waals surface area (Å²) in [5.41, 5.74) is 4.84. The molecule has 0 radical (unpaired) electrons. The average Bonchev–Trinajstić information content (AvgIpc) is 2.86. The van der Waals surface area contributed by atoms with Gasteiger partial charge in [0, 0.05) is 47.5 Å². The molecule has 1 aliphatic rings. The second-order valence-electron chi connectivity index (χ2n) is 9.42. The van der Waals surface area contributed by atoms with E-state index in [0.717, 1.165) is 46.7 Å². The van der Waals surface area contributed by atoms with Crippen LogP contribution in [-0.2, 0) is 19.4 Å². The molecule has 0 saturated heterocycles. The van der Waals surface area contributed by atoms with Crippen LogP contribution in [-0.4, -0.2) is 32.8 Å². The van der Waals surface area contributed by atoms with Crippen molar-refractivity contribution in [3.63, 3.8) is 0 Å². The van der Waals surface area contributed by atoms with E-state index in [1.807, 2.05) is 6.20 Å². The Morgan fingerprint density at radius 1 is 1.06 bits per heavy atom. The summed E-state index contributed by atoms with van der Waals surface area (Å²) in [6.45, 7) is 3.18. The van der Waals surface area contributed by atoms with Gasteiger partial charge in [0.25, 0.3) is 0 Å². The first kappa shape index (κ1) is 24.6. The number of anilines is 1. The van der Waals surface area contributed by atoms with E-state index in [1.54, 1.807) is 0 Å². The second-order valence-corrected chi connectivity index (χ2v) is 9.80. The van der Waals surface area contributed by atoms with E-state index in [2.05, 4.69) is 65.7 Å². The minimum Gasteiger partial charge on any atom is -0.396 e. The molecule has 2 heterocycles. The third-order valence-electron chi connectivity index (χ3n) is 6.93. The van der Waals surface area contributed by atoms with E-state index in [4.69, 9.17) is 17.2 Å². The molecule has 2 aromatic carbocycles. The predicted molar refractivity (Wildman–Crippen MR) is 146 cm³/mol. The molecule has 1 aromatic heterocycles. The number of nitrogens with zero attached hydrogens (tertiary/aromatic N) is 2. The topological polar surface area (TPSA) is 48.4 Å². The number of unbranched alkanes of at least 4 members (excludes halogenated alkanes) is 5. The number of thiocarbonyl (C=S) groups is 1. The van der Waals surface area contributed by atoms with Crippen LogP contribution in [0.15, 0.2) is 54.7 Å². The zero-order valence-corrected chi connectivity index (χ0v) is 21.1. The second kappa shape index (κ2) is 12.3. The summed E-state index contributed by atoms with van der Waals surface area (Å²) < 4.78 is 0. The fraction of sp³-hybridized carbons (Fsp3) is 0.448. The maximum absolute atomic E-state index is 9.66. The van der Waals surface area contributed by atoms with Crippen molar-refractivity contribution in [1.29, 1.82) is 0 Å². The molecular weight excluding hydrogens is 438 g/mol. The number of aryl methyl sites for hydroxylation is 1. The maximum atomic E-state index is 9.66. The lowest BCUT2D eigenvalue weighted by molar-refractivity contribution is 0.207. The standard InChI is InChI=1S/C29H37N3OS/c1-2-3-4-5-6-7-14-25-19-27-23(20-30-25)13-10-15-28(27)31-29(34)32-21-24-12-9-8-11-22(24)18-26(32)16-17-33/h8-13,15,19-20,26,33H,2-7,14,16-18,21H2,1H3,(H,31,34)/t26-/m1/s1. The van der Waals surface area contributed by atoms with Gasteiger partial charge in [-0.15, -0.1) is 0 Å². The van der Waals surface area contributed by atoms with Crippen molar-refractivity contribution in [1.82, 2.24) is 9.88 Å². The number of nitrogens with one attached hydrogen (secondary N) is 1. The van der Waals surface area contributed by atoms with Crippen LogP contribution in [0.25, 0.3) is 10.8 Å². The molecule has 4 rings (SSSR count). The largest absolute Gasteiger partial charge is 0.396 e. The van der Waals surface area contributed by atoms with Crippen LogP contribution >= 0.6 is 12.2 Å². The summed E-state index contributed by atoms with van der Waals surface area (Å²) in [6.07, 6.45) is 12.3. The Labute approximate surface area is 209 Å². The van der Waals surface area contributed by atoms with Crippen LogP contribution in [0, 0.1) is 0 Å². The Morgan fingerprint density at radius 3 is 2.68 bits per heavy atom. The van der Waals surface area contributed by atoms with E-state index in [0.29, 0.717) is 6.42 Å². The number of fused-ring (bicyclic) bond motifs is 2. The summed E-state index contributed by atoms with van der Waals surface area (Å²) in [5.74, 6) is 0. The van der Waals surface area contributed by atoms with Crippen LogP contribution in [0.1, 0.15) is 68.7 Å². The van der Waals surface area contributed by atoms with Crippen molar-refractivity contribution in [3.05, 3.63) is 71.5 Å². The average molecular weight is 476 g/mol. The highest BCUT2D eigenvalue weighted by Gasteiger charge is 2.27. The molecule has 1 atom stereocenters. The van der Waals surface area contributed by atoms with Crippen LogP contribution < -0.4 is 5.32 Å². The minimum absolute atomic E-state index is 0.160. The molecule has 0 bridgehead atoms. The van der Waals surface area contributed by atoms with Gasteiger partial charge in [0.2, 0.25) is 0 Å². The van der Waals surface area contributed by atoms with Crippen LogP contribution in [0.4, 0.5) is 5.69 Å². The SMILES string of the molecule is CCCCCCCCc1cc2c(NC(=S)N3Cc4ccccc4C[C@H]3CCO)cccc2cn1. The fourth-order valence-electron chi connectivity index (χ4n) is 4.96. The van der Waals surface area contributed by atoms with Gasteiger partial charge < -0.3 is 15.3 Å². The van der Waals surface area contributed by atoms with E-state index < -0.39 is 0 Å². The van der Waals surface area contributed by atoms with Crippen molar-refractivity contribution in [2.75, 3.05) is 11.9 Å². The van der Waals surface area contributed by atoms with Gasteiger partial charge in [-0.1, -0.05) is 75.4 Å². The summed E-state index contributed by atoms with van der Waals surface area (Å²) in [4.78, 5) is 6.95. The zero-order chi connectivity index (χ0) is 23.8. The molecule has 180 valence electrons. The number of aliphatic hydroxyl groups excluding tert-OH is 1. The molecule has 4 nitrogen and oxygen atoms in total. The molecular formula is C29H37N3OS. The number of hydrogen-bond acceptors (Lipinski definition) is 3. The van der Waals surface area contributed by atoms with Gasteiger partial charge in [-0.3, -0.25) is 4.98 Å². The molecule has 0 unspecified atom stereocenters. The normalized spacial score (nSPS) is 15.4. The number of aliphatic hydroxyl groups is 1. The summed E-state index contributed by atoms with van der Waals surface area (Å²) in [7, 11) is 0. The van der Waals surface area contributed by atoms with Crippen molar-refractivity contribution in [2.45, 2.75) is 77.3 Å². The van der Waals surface area contributed by atoms with Crippen molar-refractivity contribution in [3.8, 4) is 0 Å². The van der Waals surface area contributed by atoms with Gasteiger partial charge in [-0.25, -0.2) is 0 Å². The molecule has 0 aliphatic carbocycles. The van der Waals surface area contributed by atoms with Gasteiger partial charge in [0.05, 0.1) is 0 Å². The minimum atomic E-state index is 0.160. The fourth-order valence-corrected chi connectivity index (χ4v) is 5.29. The summed E-state index contributed by atoms with van der Waals surface area (Å²) >= 11 is 5.91. The van der Waals surface area contributed by atoms with Crippen LogP contribution in [0.3, 0.4) is 0 Å². The Hall–Kier alpha value is -2.50. The molecule has 0 spiro atoms. The number of hydrogen-bond donors (Lipinski definition) is 2. The maximum Gasteiger partial charge on any atom is 0.174 e. The van der Waals surface area contributed by atoms with Crippen molar-refractivity contribution < 1.29 is 5.11 Å². The molecule has 3 aromatic rings.